The lowest BCUT2D eigenvalue weighted by Crippen LogP contribution is -2.23. The van der Waals surface area contributed by atoms with Gasteiger partial charge in [0.05, 0.1) is 19.9 Å². The zero-order valence-electron chi connectivity index (χ0n) is 18.1. The standard InChI is InChI=1S/C21H27IN8O2/c1-31-16-9-17(32-2)15(8-13(16)11-22)27-21-28-20(23)30(29-21)19-10-18(24-12-25-19)26-14-6-4-3-5-7-14/h8-10,12,14H,3-7,11H2,1-2H3,(H,24,25,26)(H3,23,27,28,29). The van der Waals surface area contributed by atoms with Crippen molar-refractivity contribution in [2.24, 2.45) is 0 Å². The quantitative estimate of drug-likeness (QED) is 0.281. The fourth-order valence-electron chi connectivity index (χ4n) is 3.83. The van der Waals surface area contributed by atoms with Crippen molar-refractivity contribution in [2.75, 3.05) is 30.6 Å². The molecular weight excluding hydrogens is 523 g/mol. The van der Waals surface area contributed by atoms with E-state index in [-0.39, 0.29) is 5.95 Å². The number of hydrogen-bond acceptors (Lipinski definition) is 9. The highest BCUT2D eigenvalue weighted by Gasteiger charge is 2.17. The van der Waals surface area contributed by atoms with Crippen LogP contribution in [0, 0.1) is 0 Å². The number of ether oxygens (including phenoxy) is 2. The van der Waals surface area contributed by atoms with Gasteiger partial charge in [0.1, 0.15) is 23.6 Å². The Labute approximate surface area is 200 Å². The van der Waals surface area contributed by atoms with Crippen LogP contribution in [-0.4, -0.2) is 45.0 Å². The molecule has 1 aliphatic carbocycles. The van der Waals surface area contributed by atoms with Crippen LogP contribution in [0.3, 0.4) is 0 Å². The van der Waals surface area contributed by atoms with Crippen LogP contribution in [0.5, 0.6) is 11.5 Å². The van der Waals surface area contributed by atoms with Gasteiger partial charge in [-0.1, -0.05) is 41.9 Å². The van der Waals surface area contributed by atoms with Crippen molar-refractivity contribution in [1.82, 2.24) is 24.7 Å². The third-order valence-electron chi connectivity index (χ3n) is 5.45. The van der Waals surface area contributed by atoms with E-state index in [1.54, 1.807) is 14.2 Å². The molecule has 170 valence electrons. The number of anilines is 4. The molecule has 4 N–H and O–H groups in total. The number of rotatable bonds is 8. The highest BCUT2D eigenvalue weighted by atomic mass is 127. The first-order chi connectivity index (χ1) is 15.6. The first-order valence-corrected chi connectivity index (χ1v) is 12.0. The Kier molecular flexibility index (Phi) is 7.12. The Hall–Kier alpha value is -2.83. The zero-order chi connectivity index (χ0) is 22.5. The van der Waals surface area contributed by atoms with E-state index in [2.05, 4.69) is 53.3 Å². The molecule has 0 radical (unpaired) electrons. The van der Waals surface area contributed by atoms with Crippen LogP contribution in [0.15, 0.2) is 24.5 Å². The summed E-state index contributed by atoms with van der Waals surface area (Å²) in [6.07, 6.45) is 7.61. The normalized spacial score (nSPS) is 14.2. The number of nitrogen functional groups attached to an aromatic ring is 1. The molecule has 0 unspecified atom stereocenters. The summed E-state index contributed by atoms with van der Waals surface area (Å²) in [4.78, 5) is 13.0. The molecule has 0 aliphatic heterocycles. The first-order valence-electron chi connectivity index (χ1n) is 10.5. The van der Waals surface area contributed by atoms with Crippen molar-refractivity contribution in [3.8, 4) is 17.3 Å². The van der Waals surface area contributed by atoms with Gasteiger partial charge in [0.25, 0.3) is 0 Å². The second-order valence-corrected chi connectivity index (χ2v) is 8.33. The predicted molar refractivity (Wildman–Crippen MR) is 132 cm³/mol. The van der Waals surface area contributed by atoms with Gasteiger partial charge in [-0.05, 0) is 18.9 Å². The lowest BCUT2D eigenvalue weighted by Gasteiger charge is -2.23. The number of nitrogens with two attached hydrogens (primary N) is 1. The van der Waals surface area contributed by atoms with Gasteiger partial charge in [0.15, 0.2) is 5.82 Å². The molecule has 1 saturated carbocycles. The first kappa shape index (κ1) is 22.4. The number of hydrogen-bond donors (Lipinski definition) is 3. The van der Waals surface area contributed by atoms with Gasteiger partial charge in [-0.15, -0.1) is 5.10 Å². The maximum absolute atomic E-state index is 6.15. The fourth-order valence-corrected chi connectivity index (χ4v) is 4.43. The van der Waals surface area contributed by atoms with Gasteiger partial charge < -0.3 is 25.8 Å². The number of methoxy groups -OCH3 is 2. The highest BCUT2D eigenvalue weighted by Crippen LogP contribution is 2.35. The molecule has 2 heterocycles. The molecule has 0 spiro atoms. The van der Waals surface area contributed by atoms with Crippen LogP contribution >= 0.6 is 22.6 Å². The molecule has 0 saturated heterocycles. The number of nitrogens with zero attached hydrogens (tertiary/aromatic N) is 5. The van der Waals surface area contributed by atoms with Crippen molar-refractivity contribution in [3.05, 3.63) is 30.1 Å². The van der Waals surface area contributed by atoms with E-state index in [9.17, 15) is 0 Å². The SMILES string of the molecule is COc1cc(OC)c(Nc2nc(N)n(-c3cc(NC4CCCCC4)ncn3)n2)cc1CI. The molecule has 0 bridgehead atoms. The summed E-state index contributed by atoms with van der Waals surface area (Å²) in [7, 11) is 3.24. The Bertz CT molecular complexity index is 1070. The molecule has 1 fully saturated rings. The summed E-state index contributed by atoms with van der Waals surface area (Å²) in [6.45, 7) is 0. The van der Waals surface area contributed by atoms with E-state index < -0.39 is 0 Å². The third-order valence-corrected chi connectivity index (χ3v) is 6.27. The minimum Gasteiger partial charge on any atom is -0.496 e. The van der Waals surface area contributed by atoms with Crippen LogP contribution in [0.4, 0.5) is 23.4 Å². The zero-order valence-corrected chi connectivity index (χ0v) is 20.3. The van der Waals surface area contributed by atoms with Crippen LogP contribution in [0.1, 0.15) is 37.7 Å². The van der Waals surface area contributed by atoms with Gasteiger partial charge in [-0.2, -0.15) is 9.67 Å². The van der Waals surface area contributed by atoms with Crippen LogP contribution < -0.4 is 25.8 Å². The summed E-state index contributed by atoms with van der Waals surface area (Å²) >= 11 is 2.29. The monoisotopic (exact) mass is 550 g/mol. The smallest absolute Gasteiger partial charge is 0.249 e. The predicted octanol–water partition coefficient (Wildman–Crippen LogP) is 4.08. The lowest BCUT2D eigenvalue weighted by atomic mass is 9.95. The summed E-state index contributed by atoms with van der Waals surface area (Å²) < 4.78 is 13.2. The van der Waals surface area contributed by atoms with E-state index in [0.29, 0.717) is 23.6 Å². The van der Waals surface area contributed by atoms with Crippen molar-refractivity contribution >= 4 is 46.0 Å². The van der Waals surface area contributed by atoms with E-state index in [0.717, 1.165) is 40.1 Å². The molecule has 10 nitrogen and oxygen atoms in total. The Morgan fingerprint density at radius 1 is 1.09 bits per heavy atom. The summed E-state index contributed by atoms with van der Waals surface area (Å²) in [5.41, 5.74) is 7.90. The van der Waals surface area contributed by atoms with Gasteiger partial charge >= 0.3 is 0 Å². The van der Waals surface area contributed by atoms with E-state index in [1.807, 2.05) is 18.2 Å². The second-order valence-electron chi connectivity index (χ2n) is 7.57. The van der Waals surface area contributed by atoms with E-state index >= 15 is 0 Å². The van der Waals surface area contributed by atoms with Gasteiger partial charge in [0.2, 0.25) is 11.9 Å². The number of benzene rings is 1. The maximum Gasteiger partial charge on any atom is 0.249 e. The van der Waals surface area contributed by atoms with Crippen LogP contribution in [0.25, 0.3) is 5.82 Å². The number of halogens is 1. The van der Waals surface area contributed by atoms with Gasteiger partial charge in [0, 0.05) is 28.2 Å². The maximum atomic E-state index is 6.15. The molecule has 4 rings (SSSR count). The number of alkyl halides is 1. The Morgan fingerprint density at radius 3 is 2.59 bits per heavy atom. The molecule has 0 amide bonds. The van der Waals surface area contributed by atoms with Crippen molar-refractivity contribution in [1.29, 1.82) is 0 Å². The summed E-state index contributed by atoms with van der Waals surface area (Å²) in [5.74, 6) is 3.24. The van der Waals surface area contributed by atoms with Gasteiger partial charge in [-0.25, -0.2) is 9.97 Å². The average Bonchev–Trinajstić information content (AvgIpc) is 3.19. The van der Waals surface area contributed by atoms with Crippen LogP contribution in [-0.2, 0) is 4.43 Å². The van der Waals surface area contributed by atoms with Crippen molar-refractivity contribution < 1.29 is 9.47 Å². The average molecular weight is 550 g/mol. The van der Waals surface area contributed by atoms with E-state index in [4.69, 9.17) is 15.2 Å². The van der Waals surface area contributed by atoms with Crippen molar-refractivity contribution in [2.45, 2.75) is 42.6 Å². The molecule has 1 aromatic carbocycles. The number of nitrogens with one attached hydrogen (secondary N) is 2. The molecule has 0 atom stereocenters. The topological polar surface area (TPSA) is 125 Å². The molecule has 32 heavy (non-hydrogen) atoms. The number of aromatic nitrogens is 5. The van der Waals surface area contributed by atoms with Crippen molar-refractivity contribution in [3.63, 3.8) is 0 Å². The van der Waals surface area contributed by atoms with Gasteiger partial charge in [-0.3, -0.25) is 0 Å². The second kappa shape index (κ2) is 10.2. The van der Waals surface area contributed by atoms with Crippen LogP contribution in [0.2, 0.25) is 0 Å². The van der Waals surface area contributed by atoms with E-state index in [1.165, 1.54) is 30.3 Å². The Balaban J connectivity index is 1.57. The fraction of sp³-hybridized carbons (Fsp3) is 0.429. The highest BCUT2D eigenvalue weighted by molar-refractivity contribution is 14.1. The molecule has 11 heteroatoms. The Morgan fingerprint density at radius 2 is 1.88 bits per heavy atom. The largest absolute Gasteiger partial charge is 0.496 e. The minimum absolute atomic E-state index is 0.219. The summed E-state index contributed by atoms with van der Waals surface area (Å²) in [5, 5.41) is 11.2. The molecule has 2 aromatic heterocycles. The lowest BCUT2D eigenvalue weighted by molar-refractivity contribution is 0.393. The third kappa shape index (κ3) is 4.97. The minimum atomic E-state index is 0.219. The molecular formula is C21H27IN8O2. The molecule has 3 aromatic rings. The summed E-state index contributed by atoms with van der Waals surface area (Å²) in [6, 6.07) is 6.07. The molecule has 1 aliphatic rings.